The maximum absolute atomic E-state index is 11.8. The minimum atomic E-state index is -3.60. The largest absolute Gasteiger partial charge is 0.505 e. The number of aromatic carboxylic acids is 1. The van der Waals surface area contributed by atoms with Crippen LogP contribution >= 0.6 is 0 Å². The predicted molar refractivity (Wildman–Crippen MR) is 71.9 cm³/mol. The van der Waals surface area contributed by atoms with E-state index in [9.17, 15) is 18.3 Å². The van der Waals surface area contributed by atoms with Crippen LogP contribution in [0.5, 0.6) is 5.75 Å². The van der Waals surface area contributed by atoms with Crippen molar-refractivity contribution in [2.45, 2.75) is 20.3 Å². The molecule has 19 heavy (non-hydrogen) atoms. The first kappa shape index (κ1) is 15.3. The van der Waals surface area contributed by atoms with Gasteiger partial charge >= 0.3 is 5.97 Å². The number of rotatable bonds is 6. The molecule has 0 aliphatic carbocycles. The van der Waals surface area contributed by atoms with Crippen LogP contribution in [0, 0.1) is 5.92 Å². The van der Waals surface area contributed by atoms with Gasteiger partial charge in [0.05, 0.1) is 11.4 Å². The third-order valence-electron chi connectivity index (χ3n) is 2.50. The Hall–Kier alpha value is -1.76. The third kappa shape index (κ3) is 4.44. The molecule has 6 nitrogen and oxygen atoms in total. The summed E-state index contributed by atoms with van der Waals surface area (Å²) in [7, 11) is -3.60. The molecule has 0 heterocycles. The Morgan fingerprint density at radius 2 is 2.00 bits per heavy atom. The number of anilines is 1. The second-order valence-electron chi connectivity index (χ2n) is 4.61. The summed E-state index contributed by atoms with van der Waals surface area (Å²) in [6.07, 6.45) is 0.481. The monoisotopic (exact) mass is 287 g/mol. The normalized spacial score (nSPS) is 11.5. The van der Waals surface area contributed by atoms with Gasteiger partial charge in [-0.25, -0.2) is 13.2 Å². The van der Waals surface area contributed by atoms with E-state index in [1.807, 2.05) is 13.8 Å². The van der Waals surface area contributed by atoms with E-state index in [4.69, 9.17) is 5.11 Å². The Morgan fingerprint density at radius 1 is 1.37 bits per heavy atom. The molecule has 0 radical (unpaired) electrons. The van der Waals surface area contributed by atoms with E-state index in [0.29, 0.717) is 6.42 Å². The van der Waals surface area contributed by atoms with Crippen LogP contribution in [-0.4, -0.2) is 30.4 Å². The number of carboxylic acid groups (broad SMARTS) is 1. The number of sulfonamides is 1. The van der Waals surface area contributed by atoms with Gasteiger partial charge in [0.2, 0.25) is 10.0 Å². The van der Waals surface area contributed by atoms with Crippen LogP contribution in [0.4, 0.5) is 5.69 Å². The van der Waals surface area contributed by atoms with Crippen molar-refractivity contribution >= 4 is 21.7 Å². The molecular weight excluding hydrogens is 270 g/mol. The van der Waals surface area contributed by atoms with Crippen LogP contribution in [0.2, 0.25) is 0 Å². The minimum Gasteiger partial charge on any atom is -0.505 e. The zero-order chi connectivity index (χ0) is 14.6. The maximum atomic E-state index is 11.8. The van der Waals surface area contributed by atoms with Gasteiger partial charge in [-0.3, -0.25) is 4.72 Å². The van der Waals surface area contributed by atoms with Crippen LogP contribution in [0.25, 0.3) is 0 Å². The lowest BCUT2D eigenvalue weighted by molar-refractivity contribution is 0.0694. The Labute approximate surface area is 112 Å². The van der Waals surface area contributed by atoms with Gasteiger partial charge in [0.25, 0.3) is 0 Å². The van der Waals surface area contributed by atoms with E-state index in [0.717, 1.165) is 0 Å². The summed E-state index contributed by atoms with van der Waals surface area (Å²) in [5, 5.41) is 18.5. The summed E-state index contributed by atoms with van der Waals surface area (Å²) in [6, 6.07) is 3.88. The molecule has 0 aromatic heterocycles. The van der Waals surface area contributed by atoms with Gasteiger partial charge in [0, 0.05) is 0 Å². The first-order valence-corrected chi connectivity index (χ1v) is 7.44. The highest BCUT2D eigenvalue weighted by atomic mass is 32.2. The van der Waals surface area contributed by atoms with Crippen LogP contribution in [0.1, 0.15) is 30.6 Å². The van der Waals surface area contributed by atoms with Crippen molar-refractivity contribution < 1.29 is 23.4 Å². The number of phenols is 1. The van der Waals surface area contributed by atoms with Crippen molar-refractivity contribution in [2.24, 2.45) is 5.92 Å². The smallest absolute Gasteiger partial charge is 0.339 e. The van der Waals surface area contributed by atoms with Gasteiger partial charge in [-0.05, 0) is 24.5 Å². The zero-order valence-electron chi connectivity index (χ0n) is 10.8. The molecule has 7 heteroatoms. The lowest BCUT2D eigenvalue weighted by Gasteiger charge is -2.11. The topological polar surface area (TPSA) is 104 Å². The zero-order valence-corrected chi connectivity index (χ0v) is 11.6. The summed E-state index contributed by atoms with van der Waals surface area (Å²) in [6.45, 7) is 3.80. The van der Waals surface area contributed by atoms with Gasteiger partial charge in [0.1, 0.15) is 5.56 Å². The summed E-state index contributed by atoms with van der Waals surface area (Å²) >= 11 is 0. The molecular formula is C12H17NO5S. The molecule has 0 spiro atoms. The first-order chi connectivity index (χ1) is 8.73. The van der Waals surface area contributed by atoms with E-state index in [-0.39, 0.29) is 22.9 Å². The molecule has 0 aliphatic rings. The lowest BCUT2D eigenvalue weighted by Crippen LogP contribution is -2.18. The SMILES string of the molecule is CC(C)CCS(=O)(=O)Nc1cccc(C(=O)O)c1O. The summed E-state index contributed by atoms with van der Waals surface area (Å²) in [4.78, 5) is 10.8. The highest BCUT2D eigenvalue weighted by Crippen LogP contribution is 2.28. The van der Waals surface area contributed by atoms with Crippen molar-refractivity contribution in [1.29, 1.82) is 0 Å². The maximum Gasteiger partial charge on any atom is 0.339 e. The fraction of sp³-hybridized carbons (Fsp3) is 0.417. The van der Waals surface area contributed by atoms with Crippen LogP contribution in [0.15, 0.2) is 18.2 Å². The average Bonchev–Trinajstić information content (AvgIpc) is 2.29. The number of hydrogen-bond donors (Lipinski definition) is 3. The molecule has 0 fully saturated rings. The van der Waals surface area contributed by atoms with Crippen LogP contribution in [0.3, 0.4) is 0 Å². The predicted octanol–water partition coefficient (Wildman–Crippen LogP) is 1.88. The lowest BCUT2D eigenvalue weighted by atomic mass is 10.2. The highest BCUT2D eigenvalue weighted by Gasteiger charge is 2.17. The minimum absolute atomic E-state index is 0.0819. The molecule has 0 bridgehead atoms. The Kier molecular flexibility index (Phi) is 4.77. The van der Waals surface area contributed by atoms with Crippen molar-refractivity contribution in [1.82, 2.24) is 0 Å². The van der Waals surface area contributed by atoms with Crippen molar-refractivity contribution in [2.75, 3.05) is 10.5 Å². The van der Waals surface area contributed by atoms with E-state index in [1.54, 1.807) is 0 Å². The van der Waals surface area contributed by atoms with Crippen LogP contribution < -0.4 is 4.72 Å². The molecule has 0 saturated carbocycles. The Balaban J connectivity index is 2.94. The Bertz CT molecular complexity index is 565. The fourth-order valence-electron chi connectivity index (χ4n) is 1.41. The summed E-state index contributed by atoms with van der Waals surface area (Å²) in [5.74, 6) is -1.75. The number of hydrogen-bond acceptors (Lipinski definition) is 4. The summed E-state index contributed by atoms with van der Waals surface area (Å²) in [5.41, 5.74) is -0.465. The molecule has 3 N–H and O–H groups in total. The molecule has 1 aromatic rings. The molecule has 0 aliphatic heterocycles. The fourth-order valence-corrected chi connectivity index (χ4v) is 2.79. The second-order valence-corrected chi connectivity index (χ2v) is 6.45. The summed E-state index contributed by atoms with van der Waals surface area (Å²) < 4.78 is 25.7. The first-order valence-electron chi connectivity index (χ1n) is 5.78. The number of para-hydroxylation sites is 1. The molecule has 0 saturated heterocycles. The van der Waals surface area contributed by atoms with Crippen LogP contribution in [-0.2, 0) is 10.0 Å². The van der Waals surface area contributed by atoms with Gasteiger partial charge in [-0.2, -0.15) is 0 Å². The van der Waals surface area contributed by atoms with Gasteiger partial charge in [-0.1, -0.05) is 19.9 Å². The van der Waals surface area contributed by atoms with E-state index in [1.165, 1.54) is 18.2 Å². The number of nitrogens with one attached hydrogen (secondary N) is 1. The highest BCUT2D eigenvalue weighted by molar-refractivity contribution is 7.92. The molecule has 1 rings (SSSR count). The number of carboxylic acids is 1. The average molecular weight is 287 g/mol. The third-order valence-corrected chi connectivity index (χ3v) is 3.80. The number of carbonyl (C=O) groups is 1. The molecule has 0 atom stereocenters. The van der Waals surface area contributed by atoms with E-state index < -0.39 is 21.7 Å². The van der Waals surface area contributed by atoms with Crippen molar-refractivity contribution in [3.63, 3.8) is 0 Å². The number of aromatic hydroxyl groups is 1. The van der Waals surface area contributed by atoms with Crippen molar-refractivity contribution in [3.8, 4) is 5.75 Å². The van der Waals surface area contributed by atoms with Gasteiger partial charge in [0.15, 0.2) is 5.75 Å². The van der Waals surface area contributed by atoms with E-state index >= 15 is 0 Å². The molecule has 1 aromatic carbocycles. The van der Waals surface area contributed by atoms with Crippen molar-refractivity contribution in [3.05, 3.63) is 23.8 Å². The van der Waals surface area contributed by atoms with Gasteiger partial charge in [-0.15, -0.1) is 0 Å². The molecule has 106 valence electrons. The second kappa shape index (κ2) is 5.92. The number of benzene rings is 1. The molecule has 0 amide bonds. The molecule has 0 unspecified atom stereocenters. The Morgan fingerprint density at radius 3 is 2.53 bits per heavy atom. The quantitative estimate of drug-likeness (QED) is 0.693. The van der Waals surface area contributed by atoms with E-state index in [2.05, 4.69) is 4.72 Å². The van der Waals surface area contributed by atoms with Gasteiger partial charge < -0.3 is 10.2 Å². The standard InChI is InChI=1S/C12H17NO5S/c1-8(2)6-7-19(17,18)13-10-5-3-4-9(11(10)14)12(15)16/h3-5,8,13-14H,6-7H2,1-2H3,(H,15,16).